The van der Waals surface area contributed by atoms with Crippen LogP contribution in [0.5, 0.6) is 5.75 Å². The zero-order chi connectivity index (χ0) is 22.0. The molecular weight excluding hydrogens is 392 g/mol. The van der Waals surface area contributed by atoms with Crippen molar-refractivity contribution in [1.29, 1.82) is 0 Å². The number of nitrogens with zero attached hydrogens (tertiary/aromatic N) is 3. The zero-order valence-corrected chi connectivity index (χ0v) is 18.0. The second-order valence-corrected chi connectivity index (χ2v) is 7.78. The normalized spacial score (nSPS) is 11.8. The zero-order valence-electron chi connectivity index (χ0n) is 18.0. The lowest BCUT2D eigenvalue weighted by Crippen LogP contribution is -2.38. The number of fused-ring (bicyclic) bond motifs is 3. The van der Waals surface area contributed by atoms with Crippen molar-refractivity contribution in [3.8, 4) is 17.0 Å². The molecule has 4 rings (SSSR count). The summed E-state index contributed by atoms with van der Waals surface area (Å²) in [5.74, 6) is 0.500. The smallest absolute Gasteiger partial charge is 0.275 e. The summed E-state index contributed by atoms with van der Waals surface area (Å²) >= 11 is 0. The number of hydrogen-bond acceptors (Lipinski definition) is 4. The first-order valence-corrected chi connectivity index (χ1v) is 10.3. The molecule has 1 aliphatic rings. The maximum Gasteiger partial charge on any atom is 0.275 e. The number of ether oxygens (including phenoxy) is 1. The quantitative estimate of drug-likeness (QED) is 0.668. The third kappa shape index (κ3) is 4.30. The molecule has 0 fully saturated rings. The van der Waals surface area contributed by atoms with Crippen LogP contribution in [0.1, 0.15) is 34.1 Å². The lowest BCUT2D eigenvalue weighted by atomic mass is 10.00. The van der Waals surface area contributed by atoms with Gasteiger partial charge in [-0.25, -0.2) is 0 Å². The molecule has 31 heavy (non-hydrogen) atoms. The first-order chi connectivity index (χ1) is 14.9. The molecule has 0 spiro atoms. The molecule has 2 heterocycles. The minimum atomic E-state index is -0.175. The van der Waals surface area contributed by atoms with E-state index in [1.807, 2.05) is 56.4 Å². The molecule has 0 bridgehead atoms. The molecule has 0 atom stereocenters. The van der Waals surface area contributed by atoms with Gasteiger partial charge >= 0.3 is 0 Å². The molecule has 0 unspecified atom stereocenters. The molecule has 7 heteroatoms. The third-order valence-electron chi connectivity index (χ3n) is 5.37. The highest BCUT2D eigenvalue weighted by Gasteiger charge is 2.30. The first-order valence-electron chi connectivity index (χ1n) is 10.3. The number of aromatic nitrogens is 2. The Labute approximate surface area is 181 Å². The van der Waals surface area contributed by atoms with Gasteiger partial charge in [0, 0.05) is 44.7 Å². The minimum Gasteiger partial charge on any atom is -0.488 e. The molecule has 1 aromatic heterocycles. The average Bonchev–Trinajstić information content (AvgIpc) is 3.10. The number of carbonyl (C=O) groups excluding carboxylic acids is 2. The highest BCUT2D eigenvalue weighted by Crippen LogP contribution is 2.39. The SMILES string of the molecule is CC(=O)NCCN(Cc1ccccc1)C(=O)c1nn(C)c2c1COc1ccc(C)cc1-2. The Kier molecular flexibility index (Phi) is 5.75. The van der Waals surface area contributed by atoms with Crippen molar-refractivity contribution in [3.63, 3.8) is 0 Å². The molecule has 0 aliphatic carbocycles. The Bertz CT molecular complexity index is 1120. The van der Waals surface area contributed by atoms with E-state index in [1.165, 1.54) is 6.92 Å². The van der Waals surface area contributed by atoms with Crippen LogP contribution in [0.3, 0.4) is 0 Å². The molecule has 1 N–H and O–H groups in total. The van der Waals surface area contributed by atoms with Crippen LogP contribution in [0.2, 0.25) is 0 Å². The summed E-state index contributed by atoms with van der Waals surface area (Å²) in [6, 6.07) is 15.8. The van der Waals surface area contributed by atoms with Crippen LogP contribution in [0.4, 0.5) is 0 Å². The van der Waals surface area contributed by atoms with E-state index in [0.29, 0.717) is 31.9 Å². The molecule has 3 aromatic rings. The van der Waals surface area contributed by atoms with Crippen molar-refractivity contribution in [2.45, 2.75) is 27.0 Å². The Morgan fingerprint density at radius 1 is 1.19 bits per heavy atom. The van der Waals surface area contributed by atoms with Gasteiger partial charge < -0.3 is 15.0 Å². The minimum absolute atomic E-state index is 0.122. The standard InChI is InChI=1S/C24H26N4O3/c1-16-9-10-21-19(13-16)23-20(15-31-21)22(26-27(23)3)24(30)28(12-11-25-17(2)29)14-18-7-5-4-6-8-18/h4-10,13H,11-12,14-15H2,1-3H3,(H,25,29). The summed E-state index contributed by atoms with van der Waals surface area (Å²) in [5, 5.41) is 7.36. The fourth-order valence-corrected chi connectivity index (χ4v) is 3.89. The number of benzene rings is 2. The topological polar surface area (TPSA) is 76.5 Å². The van der Waals surface area contributed by atoms with Gasteiger partial charge in [0.05, 0.1) is 5.69 Å². The Morgan fingerprint density at radius 3 is 2.71 bits per heavy atom. The van der Waals surface area contributed by atoms with E-state index < -0.39 is 0 Å². The van der Waals surface area contributed by atoms with E-state index in [4.69, 9.17) is 4.74 Å². The van der Waals surface area contributed by atoms with Crippen LogP contribution in [0, 0.1) is 6.92 Å². The summed E-state index contributed by atoms with van der Waals surface area (Å²) in [7, 11) is 1.85. The summed E-state index contributed by atoms with van der Waals surface area (Å²) in [6.45, 7) is 4.98. The van der Waals surface area contributed by atoms with Gasteiger partial charge in [0.2, 0.25) is 5.91 Å². The molecule has 2 amide bonds. The fourth-order valence-electron chi connectivity index (χ4n) is 3.89. The van der Waals surface area contributed by atoms with E-state index in [9.17, 15) is 9.59 Å². The lowest BCUT2D eigenvalue weighted by Gasteiger charge is -2.23. The molecular formula is C24H26N4O3. The number of carbonyl (C=O) groups is 2. The summed E-state index contributed by atoms with van der Waals surface area (Å²) in [5.41, 5.74) is 5.18. The van der Waals surface area contributed by atoms with Crippen LogP contribution >= 0.6 is 0 Å². The lowest BCUT2D eigenvalue weighted by molar-refractivity contribution is -0.119. The number of aryl methyl sites for hydroxylation is 2. The van der Waals surface area contributed by atoms with Gasteiger partial charge in [-0.2, -0.15) is 5.10 Å². The molecule has 7 nitrogen and oxygen atoms in total. The van der Waals surface area contributed by atoms with Crippen LogP contribution in [0.25, 0.3) is 11.3 Å². The van der Waals surface area contributed by atoms with Crippen molar-refractivity contribution < 1.29 is 14.3 Å². The molecule has 160 valence electrons. The number of rotatable bonds is 6. The van der Waals surface area contributed by atoms with Crippen molar-refractivity contribution in [3.05, 3.63) is 70.9 Å². The van der Waals surface area contributed by atoms with Crippen molar-refractivity contribution >= 4 is 11.8 Å². The summed E-state index contributed by atoms with van der Waals surface area (Å²) in [4.78, 5) is 26.6. The molecule has 0 saturated carbocycles. The van der Waals surface area contributed by atoms with E-state index in [2.05, 4.69) is 16.5 Å². The van der Waals surface area contributed by atoms with Crippen LogP contribution < -0.4 is 10.1 Å². The van der Waals surface area contributed by atoms with E-state index in [0.717, 1.165) is 33.7 Å². The number of hydrogen-bond donors (Lipinski definition) is 1. The maximum absolute atomic E-state index is 13.6. The second-order valence-electron chi connectivity index (χ2n) is 7.78. The third-order valence-corrected chi connectivity index (χ3v) is 5.37. The molecule has 2 aromatic carbocycles. The van der Waals surface area contributed by atoms with Gasteiger partial charge in [0.25, 0.3) is 5.91 Å². The predicted molar refractivity (Wildman–Crippen MR) is 118 cm³/mol. The Morgan fingerprint density at radius 2 is 1.97 bits per heavy atom. The number of amides is 2. The Balaban J connectivity index is 1.67. The van der Waals surface area contributed by atoms with E-state index >= 15 is 0 Å². The van der Waals surface area contributed by atoms with Gasteiger partial charge in [-0.1, -0.05) is 42.0 Å². The van der Waals surface area contributed by atoms with Crippen LogP contribution in [-0.4, -0.2) is 39.6 Å². The highest BCUT2D eigenvalue weighted by atomic mass is 16.5. The van der Waals surface area contributed by atoms with Crippen LogP contribution in [0.15, 0.2) is 48.5 Å². The largest absolute Gasteiger partial charge is 0.488 e. The monoisotopic (exact) mass is 418 g/mol. The van der Waals surface area contributed by atoms with Crippen LogP contribution in [-0.2, 0) is 25.0 Å². The molecule has 0 saturated heterocycles. The molecule has 1 aliphatic heterocycles. The van der Waals surface area contributed by atoms with Crippen molar-refractivity contribution in [2.24, 2.45) is 7.05 Å². The van der Waals surface area contributed by atoms with Gasteiger partial charge in [-0.05, 0) is 24.6 Å². The highest BCUT2D eigenvalue weighted by molar-refractivity contribution is 5.96. The second kappa shape index (κ2) is 8.63. The fraction of sp³-hybridized carbons (Fsp3) is 0.292. The van der Waals surface area contributed by atoms with Crippen molar-refractivity contribution in [1.82, 2.24) is 20.0 Å². The Hall–Kier alpha value is -3.61. The maximum atomic E-state index is 13.6. The summed E-state index contributed by atoms with van der Waals surface area (Å²) < 4.78 is 7.70. The van der Waals surface area contributed by atoms with Gasteiger partial charge in [0.15, 0.2) is 5.69 Å². The van der Waals surface area contributed by atoms with E-state index in [1.54, 1.807) is 9.58 Å². The van der Waals surface area contributed by atoms with Gasteiger partial charge in [-0.15, -0.1) is 0 Å². The van der Waals surface area contributed by atoms with Gasteiger partial charge in [0.1, 0.15) is 12.4 Å². The van der Waals surface area contributed by atoms with E-state index in [-0.39, 0.29) is 11.8 Å². The van der Waals surface area contributed by atoms with Gasteiger partial charge in [-0.3, -0.25) is 14.3 Å². The summed E-state index contributed by atoms with van der Waals surface area (Å²) in [6.07, 6.45) is 0. The van der Waals surface area contributed by atoms with Crippen molar-refractivity contribution in [2.75, 3.05) is 13.1 Å². The predicted octanol–water partition coefficient (Wildman–Crippen LogP) is 3.07. The first kappa shape index (κ1) is 20.7. The number of nitrogens with one attached hydrogen (secondary N) is 1. The molecule has 0 radical (unpaired) electrons. The average molecular weight is 418 g/mol.